The standard InChI is InChI=1S/C17H16FN3O3.C16H14FN3O3.C15H12FN3O3.C15H13FN2O2.C13H12FNO2/c1-3-23-17(22)16-14(12-4-6-13(18)7-5-12)8-9-21(16)10-15-19-11(2)20-24-15;1-9-7-13(11-3-5-12(17)6-4-11)15(16(21)22)20(9)8-14-18-10(2)19-23-14;1-9-17-13(22-18-9)8-19-7-6-12(14(19)15(20)21)10-2-4-11(16)5-3-10;1-3-20-15(19)14-13(8-9-18(14)10-17-2)11-4-6-12(16)7-5-11;1-2-17-13(16)12-11(7-8-15-12)9-3-5-10(14)6-4-9/h4-9H,3,10H2,1-2H3;3-7H,8H2,1-2H3,(H,21,22);2-7H,8H2,1H3,(H,20,21);4-9H,3,10H2,1H3;3-8,15H,2H2,1H3. The second-order valence-electron chi connectivity index (χ2n) is 22.7. The third kappa shape index (κ3) is 19.5. The molecule has 0 amide bonds. The molecule has 30 heteroatoms. The van der Waals surface area contributed by atoms with Crippen LogP contribution in [-0.4, -0.2) is 114 Å². The summed E-state index contributed by atoms with van der Waals surface area (Å²) >= 11 is 0. The molecule has 5 aromatic carbocycles. The Hall–Kier alpha value is -13.6. The molecule has 13 aromatic rings. The van der Waals surface area contributed by atoms with E-state index in [0.29, 0.717) is 103 Å². The zero-order valence-corrected chi connectivity index (χ0v) is 57.9. The van der Waals surface area contributed by atoms with Gasteiger partial charge in [0.15, 0.2) is 17.5 Å². The molecule has 0 aliphatic carbocycles. The summed E-state index contributed by atoms with van der Waals surface area (Å²) in [5.41, 5.74) is 8.47. The van der Waals surface area contributed by atoms with E-state index in [9.17, 15) is 56.1 Å². The normalized spacial score (nSPS) is 10.6. The molecule has 8 aromatic heterocycles. The monoisotopic (exact) mass is 1450 g/mol. The molecule has 544 valence electrons. The molecule has 0 fully saturated rings. The lowest BCUT2D eigenvalue weighted by Gasteiger charge is -2.09. The number of hydrogen-bond donors (Lipinski definition) is 3. The number of ether oxygens (including phenoxy) is 3. The van der Waals surface area contributed by atoms with Gasteiger partial charge in [-0.25, -0.2) is 52.5 Å². The molecule has 25 nitrogen and oxygen atoms in total. The number of rotatable bonds is 20. The number of nitrogens with one attached hydrogen (secondary N) is 1. The van der Waals surface area contributed by atoms with E-state index in [1.165, 1.54) is 81.9 Å². The maximum absolute atomic E-state index is 13.2. The Bertz CT molecular complexity index is 5200. The van der Waals surface area contributed by atoms with Crippen LogP contribution in [0.3, 0.4) is 0 Å². The number of aryl methyl sites for hydroxylation is 4. The summed E-state index contributed by atoms with van der Waals surface area (Å²) in [6.45, 7) is 20.5. The van der Waals surface area contributed by atoms with Gasteiger partial charge >= 0.3 is 29.8 Å². The van der Waals surface area contributed by atoms with E-state index in [2.05, 4.69) is 40.3 Å². The van der Waals surface area contributed by atoms with Gasteiger partial charge in [0.2, 0.25) is 17.7 Å². The predicted molar refractivity (Wildman–Crippen MR) is 373 cm³/mol. The van der Waals surface area contributed by atoms with Gasteiger partial charge in [-0.3, -0.25) is 9.41 Å². The highest BCUT2D eigenvalue weighted by Gasteiger charge is 2.26. The van der Waals surface area contributed by atoms with Crippen LogP contribution in [0.25, 0.3) is 60.5 Å². The molecular formula is C76H67F5N12O13. The van der Waals surface area contributed by atoms with Crippen molar-refractivity contribution in [2.45, 2.75) is 74.8 Å². The third-order valence-electron chi connectivity index (χ3n) is 15.4. The van der Waals surface area contributed by atoms with Crippen LogP contribution in [0.2, 0.25) is 0 Å². The lowest BCUT2D eigenvalue weighted by Crippen LogP contribution is -2.13. The number of carboxylic acid groups (broad SMARTS) is 2. The molecule has 0 spiro atoms. The Morgan fingerprint density at radius 2 is 0.764 bits per heavy atom. The lowest BCUT2D eigenvalue weighted by molar-refractivity contribution is 0.0505. The smallest absolute Gasteiger partial charge is 0.355 e. The minimum atomic E-state index is -1.08. The van der Waals surface area contributed by atoms with Crippen LogP contribution in [0.5, 0.6) is 0 Å². The number of benzene rings is 5. The summed E-state index contributed by atoms with van der Waals surface area (Å²) in [7, 11) is 0. The van der Waals surface area contributed by atoms with E-state index in [1.54, 1.807) is 161 Å². The van der Waals surface area contributed by atoms with E-state index in [-0.39, 0.29) is 80.0 Å². The van der Waals surface area contributed by atoms with Gasteiger partial charge in [-0.1, -0.05) is 76.1 Å². The van der Waals surface area contributed by atoms with Crippen LogP contribution in [0.4, 0.5) is 22.0 Å². The van der Waals surface area contributed by atoms with Crippen LogP contribution in [0, 0.1) is 63.4 Å². The first-order valence-corrected chi connectivity index (χ1v) is 32.4. The lowest BCUT2D eigenvalue weighted by atomic mass is 10.1. The van der Waals surface area contributed by atoms with Crippen molar-refractivity contribution in [2.24, 2.45) is 0 Å². The second-order valence-corrected chi connectivity index (χ2v) is 22.7. The van der Waals surface area contributed by atoms with Crippen molar-refractivity contribution in [3.8, 4) is 55.6 Å². The van der Waals surface area contributed by atoms with Crippen LogP contribution in [0.1, 0.15) is 114 Å². The number of nitrogens with zero attached hydrogens (tertiary/aromatic N) is 11. The predicted octanol–water partition coefficient (Wildman–Crippen LogP) is 15.3. The topological polar surface area (TPSA) is 310 Å². The molecule has 0 unspecified atom stereocenters. The molecule has 0 aliphatic rings. The summed E-state index contributed by atoms with van der Waals surface area (Å²) in [6.07, 6.45) is 6.68. The number of carbonyl (C=O) groups excluding carboxylic acids is 3. The van der Waals surface area contributed by atoms with Crippen molar-refractivity contribution in [2.75, 3.05) is 19.8 Å². The van der Waals surface area contributed by atoms with Crippen LogP contribution < -0.4 is 0 Å². The molecule has 13 rings (SSSR count). The molecule has 106 heavy (non-hydrogen) atoms. The Kier molecular flexibility index (Phi) is 25.9. The molecule has 0 aliphatic heterocycles. The van der Waals surface area contributed by atoms with Crippen LogP contribution in [-0.2, 0) is 40.5 Å². The fourth-order valence-corrected chi connectivity index (χ4v) is 10.8. The van der Waals surface area contributed by atoms with E-state index >= 15 is 0 Å². The zero-order valence-electron chi connectivity index (χ0n) is 57.9. The minimum Gasteiger partial charge on any atom is -0.477 e. The number of esters is 3. The highest BCUT2D eigenvalue weighted by atomic mass is 19.1. The van der Waals surface area contributed by atoms with E-state index in [1.807, 2.05) is 0 Å². The summed E-state index contributed by atoms with van der Waals surface area (Å²) in [5, 5.41) is 30.2. The summed E-state index contributed by atoms with van der Waals surface area (Å²) in [6, 6.07) is 37.8. The highest BCUT2D eigenvalue weighted by Crippen LogP contribution is 2.32. The van der Waals surface area contributed by atoms with Gasteiger partial charge in [-0.2, -0.15) is 15.0 Å². The summed E-state index contributed by atoms with van der Waals surface area (Å²) in [4.78, 5) is 77.8. The highest BCUT2D eigenvalue weighted by molar-refractivity contribution is 5.98. The zero-order chi connectivity index (χ0) is 76.1. The number of aromatic nitrogens is 11. The summed E-state index contributed by atoms with van der Waals surface area (Å²) in [5.74, 6) is -2.71. The molecule has 3 N–H and O–H groups in total. The minimum absolute atomic E-state index is 0.0370. The number of hydrogen-bond acceptors (Lipinski definition) is 17. The van der Waals surface area contributed by atoms with Crippen molar-refractivity contribution >= 4 is 29.8 Å². The van der Waals surface area contributed by atoms with Gasteiger partial charge in [0.1, 0.15) is 77.2 Å². The van der Waals surface area contributed by atoms with Crippen molar-refractivity contribution in [1.82, 2.24) is 53.7 Å². The number of H-pyrrole nitrogens is 1. The number of aromatic carboxylic acids is 2. The fraction of sp³-hybridized carbons (Fsp3) is 0.184. The second kappa shape index (κ2) is 35.8. The molecule has 0 radical (unpaired) electrons. The maximum Gasteiger partial charge on any atom is 0.355 e. The fourth-order valence-electron chi connectivity index (χ4n) is 10.8. The van der Waals surface area contributed by atoms with Gasteiger partial charge in [0.05, 0.1) is 19.8 Å². The van der Waals surface area contributed by atoms with Crippen LogP contribution >= 0.6 is 0 Å². The number of halogens is 5. The van der Waals surface area contributed by atoms with E-state index in [4.69, 9.17) is 34.4 Å². The molecule has 0 bridgehead atoms. The van der Waals surface area contributed by atoms with E-state index < -0.39 is 29.8 Å². The van der Waals surface area contributed by atoms with Crippen molar-refractivity contribution in [3.63, 3.8) is 0 Å². The maximum atomic E-state index is 13.2. The first-order chi connectivity index (χ1) is 51.0. The average Bonchev–Trinajstić information content (AvgIpc) is 1.65. The molecule has 0 saturated carbocycles. The Balaban J connectivity index is 0.000000154. The van der Waals surface area contributed by atoms with Gasteiger partial charge in [0.25, 0.3) is 6.67 Å². The number of aromatic amines is 1. The Morgan fingerprint density at radius 3 is 1.12 bits per heavy atom. The van der Waals surface area contributed by atoms with Gasteiger partial charge in [-0.15, -0.1) is 0 Å². The van der Waals surface area contributed by atoms with Crippen molar-refractivity contribution in [3.05, 3.63) is 286 Å². The number of carbonyl (C=O) groups is 5. The third-order valence-corrected chi connectivity index (χ3v) is 15.4. The van der Waals surface area contributed by atoms with Gasteiger partial charge in [0, 0.05) is 58.3 Å². The largest absolute Gasteiger partial charge is 0.477 e. The van der Waals surface area contributed by atoms with Crippen LogP contribution in [0.15, 0.2) is 190 Å². The molecule has 0 atom stereocenters. The molecular weight excluding hydrogens is 1380 g/mol. The van der Waals surface area contributed by atoms with Crippen molar-refractivity contribution < 1.29 is 83.9 Å². The Morgan fingerprint density at radius 1 is 0.434 bits per heavy atom. The number of carboxylic acids is 2. The molecule has 0 saturated heterocycles. The van der Waals surface area contributed by atoms with Gasteiger partial charge in [-0.05, 0) is 167 Å². The summed E-state index contributed by atoms with van der Waals surface area (Å²) < 4.78 is 102. The van der Waals surface area contributed by atoms with Gasteiger partial charge < -0.3 is 56.7 Å². The van der Waals surface area contributed by atoms with E-state index in [0.717, 1.165) is 16.8 Å². The Labute approximate surface area is 601 Å². The quantitative estimate of drug-likeness (QED) is 0.0276. The molecule has 8 heterocycles. The first kappa shape index (κ1) is 76.6. The van der Waals surface area contributed by atoms with Crippen molar-refractivity contribution in [1.29, 1.82) is 0 Å². The first-order valence-electron chi connectivity index (χ1n) is 32.4. The average molecular weight is 1450 g/mol. The SMILES string of the molecule is CCOC(=O)c1[nH]ccc1-c1ccc(F)cc1.CCOC(=O)c1c(-c2ccc(F)cc2)ccn1Cc1nc(C)no1.Cc1noc(Cn2c(C)cc(-c3ccc(F)cc3)c2C(=O)O)n1.Cc1noc(Cn2ccc(-c3ccc(F)cc3)c2C(=O)O)n1.[C-]#[N+]Cn1ccc(-c2ccc(F)cc2)c1C(=O)OCC.